The summed E-state index contributed by atoms with van der Waals surface area (Å²) in [5.41, 5.74) is 1.30. The lowest BCUT2D eigenvalue weighted by molar-refractivity contribution is -0.133. The Balaban J connectivity index is 2.75. The van der Waals surface area contributed by atoms with Crippen LogP contribution in [0.4, 0.5) is 13.2 Å². The Kier molecular flexibility index (Phi) is 5.15. The van der Waals surface area contributed by atoms with Crippen molar-refractivity contribution in [2.24, 2.45) is 0 Å². The summed E-state index contributed by atoms with van der Waals surface area (Å²) in [7, 11) is 0. The van der Waals surface area contributed by atoms with Gasteiger partial charge in [0.1, 0.15) is 12.8 Å². The molecule has 6 heteroatoms. The molecule has 0 heterocycles. The molecule has 0 unspecified atom stereocenters. The number of aliphatic hydroxyl groups excluding tert-OH is 1. The molecule has 0 saturated carbocycles. The van der Waals surface area contributed by atoms with Crippen molar-refractivity contribution < 1.29 is 23.1 Å². The summed E-state index contributed by atoms with van der Waals surface area (Å²) in [5.74, 6) is -1.59. The number of hydrogen-bond donors (Lipinski definition) is 2. The van der Waals surface area contributed by atoms with E-state index in [0.29, 0.717) is 5.56 Å². The van der Waals surface area contributed by atoms with Gasteiger partial charge in [0.25, 0.3) is 5.91 Å². The molecule has 1 aromatic carbocycles. The zero-order valence-corrected chi connectivity index (χ0v) is 9.74. The highest BCUT2D eigenvalue weighted by atomic mass is 19.3. The monoisotopic (exact) mass is 261 g/mol. The van der Waals surface area contributed by atoms with Crippen molar-refractivity contribution in [3.8, 4) is 0 Å². The summed E-state index contributed by atoms with van der Waals surface area (Å²) in [5, 5.41) is 11.6. The van der Waals surface area contributed by atoms with Crippen LogP contribution in [0.25, 0.3) is 0 Å². The van der Waals surface area contributed by atoms with Crippen LogP contribution in [0.5, 0.6) is 0 Å². The first kappa shape index (κ1) is 14.5. The number of carbonyl (C=O) groups is 1. The predicted octanol–water partition coefficient (Wildman–Crippen LogP) is 1.75. The van der Waals surface area contributed by atoms with Crippen molar-refractivity contribution in [2.45, 2.75) is 25.5 Å². The normalized spacial score (nSPS) is 14.3. The summed E-state index contributed by atoms with van der Waals surface area (Å²) in [6.45, 7) is 0.703. The highest BCUT2D eigenvalue weighted by Gasteiger charge is 2.26. The SMILES string of the molecule is Cc1ccc([C@@H](O)[C@@H](CF)NC(=O)C(F)F)cc1. The number of amides is 1. The number of nitrogens with one attached hydrogen (secondary N) is 1. The van der Waals surface area contributed by atoms with E-state index in [2.05, 4.69) is 0 Å². The Labute approximate surface area is 103 Å². The van der Waals surface area contributed by atoms with Gasteiger partial charge in [-0.2, -0.15) is 8.78 Å². The van der Waals surface area contributed by atoms with Gasteiger partial charge in [-0.25, -0.2) is 4.39 Å². The number of alkyl halides is 3. The molecule has 2 atom stereocenters. The lowest BCUT2D eigenvalue weighted by Crippen LogP contribution is -2.43. The molecule has 0 aromatic heterocycles. The number of halogens is 3. The van der Waals surface area contributed by atoms with Crippen LogP contribution in [0.3, 0.4) is 0 Å². The van der Waals surface area contributed by atoms with E-state index in [9.17, 15) is 23.1 Å². The van der Waals surface area contributed by atoms with Crippen molar-refractivity contribution in [1.29, 1.82) is 0 Å². The number of hydrogen-bond acceptors (Lipinski definition) is 2. The Morgan fingerprint density at radius 2 is 1.89 bits per heavy atom. The second kappa shape index (κ2) is 6.39. The second-order valence-electron chi connectivity index (χ2n) is 3.93. The van der Waals surface area contributed by atoms with Gasteiger partial charge in [0.2, 0.25) is 0 Å². The summed E-state index contributed by atoms with van der Waals surface area (Å²) in [4.78, 5) is 10.8. The molecule has 0 spiro atoms. The van der Waals surface area contributed by atoms with E-state index in [1.807, 2.05) is 6.92 Å². The fraction of sp³-hybridized carbons (Fsp3) is 0.417. The van der Waals surface area contributed by atoms with Gasteiger partial charge in [-0.3, -0.25) is 4.79 Å². The molecule has 0 radical (unpaired) electrons. The van der Waals surface area contributed by atoms with Crippen LogP contribution in [0.1, 0.15) is 17.2 Å². The topological polar surface area (TPSA) is 49.3 Å². The zero-order chi connectivity index (χ0) is 13.7. The Bertz CT molecular complexity index is 395. The van der Waals surface area contributed by atoms with E-state index >= 15 is 0 Å². The maximum atomic E-state index is 12.7. The maximum absolute atomic E-state index is 12.7. The molecule has 1 aromatic rings. The van der Waals surface area contributed by atoms with E-state index in [0.717, 1.165) is 5.56 Å². The van der Waals surface area contributed by atoms with Crippen LogP contribution in [-0.4, -0.2) is 30.2 Å². The predicted molar refractivity (Wildman–Crippen MR) is 60.0 cm³/mol. The molecule has 1 amide bonds. The number of rotatable bonds is 5. The number of benzene rings is 1. The van der Waals surface area contributed by atoms with Gasteiger partial charge in [-0.15, -0.1) is 0 Å². The van der Waals surface area contributed by atoms with Gasteiger partial charge in [0.05, 0.1) is 6.04 Å². The molecule has 18 heavy (non-hydrogen) atoms. The Hall–Kier alpha value is -1.56. The molecular formula is C12H14F3NO2. The van der Waals surface area contributed by atoms with Crippen LogP contribution < -0.4 is 5.32 Å². The number of aryl methyl sites for hydroxylation is 1. The van der Waals surface area contributed by atoms with Gasteiger partial charge in [-0.05, 0) is 12.5 Å². The lowest BCUT2D eigenvalue weighted by Gasteiger charge is -2.21. The fourth-order valence-electron chi connectivity index (χ4n) is 1.44. The molecule has 0 bridgehead atoms. The minimum atomic E-state index is -3.23. The molecule has 3 nitrogen and oxygen atoms in total. The first-order chi connectivity index (χ1) is 8.45. The van der Waals surface area contributed by atoms with Crippen molar-refractivity contribution in [1.82, 2.24) is 5.32 Å². The molecule has 0 fully saturated rings. The molecule has 0 aliphatic heterocycles. The maximum Gasteiger partial charge on any atom is 0.315 e. The number of carbonyl (C=O) groups excluding carboxylic acids is 1. The molecule has 0 aliphatic rings. The van der Waals surface area contributed by atoms with E-state index in [4.69, 9.17) is 0 Å². The average molecular weight is 261 g/mol. The molecular weight excluding hydrogens is 247 g/mol. The number of aliphatic hydroxyl groups is 1. The molecule has 100 valence electrons. The molecule has 0 aliphatic carbocycles. The first-order valence-electron chi connectivity index (χ1n) is 5.34. The largest absolute Gasteiger partial charge is 0.386 e. The van der Waals surface area contributed by atoms with Gasteiger partial charge in [0.15, 0.2) is 0 Å². The summed E-state index contributed by atoms with van der Waals surface area (Å²) >= 11 is 0. The zero-order valence-electron chi connectivity index (χ0n) is 9.74. The van der Waals surface area contributed by atoms with Gasteiger partial charge < -0.3 is 10.4 Å². The standard InChI is InChI=1S/C12H14F3NO2/c1-7-2-4-8(5-3-7)10(17)9(6-13)16-12(18)11(14)15/h2-5,9-11,17H,6H2,1H3,(H,16,18)/t9-,10-/m1/s1. The Morgan fingerprint density at radius 3 is 2.33 bits per heavy atom. The van der Waals surface area contributed by atoms with Gasteiger partial charge >= 0.3 is 6.43 Å². The minimum absolute atomic E-state index is 0.359. The van der Waals surface area contributed by atoms with Crippen LogP contribution in [0.2, 0.25) is 0 Å². The third kappa shape index (κ3) is 3.73. The first-order valence-corrected chi connectivity index (χ1v) is 5.34. The second-order valence-corrected chi connectivity index (χ2v) is 3.93. The molecule has 1 rings (SSSR count). The Morgan fingerprint density at radius 1 is 1.33 bits per heavy atom. The summed E-state index contributed by atoms with van der Waals surface area (Å²) in [6, 6.07) is 5.12. The average Bonchev–Trinajstić information content (AvgIpc) is 2.35. The molecule has 2 N–H and O–H groups in total. The van der Waals surface area contributed by atoms with E-state index < -0.39 is 31.2 Å². The van der Waals surface area contributed by atoms with Crippen molar-refractivity contribution in [2.75, 3.05) is 6.67 Å². The van der Waals surface area contributed by atoms with Crippen LogP contribution in [-0.2, 0) is 4.79 Å². The summed E-state index contributed by atoms with van der Waals surface area (Å²) < 4.78 is 36.7. The lowest BCUT2D eigenvalue weighted by atomic mass is 10.0. The molecule has 0 saturated heterocycles. The van der Waals surface area contributed by atoms with Gasteiger partial charge in [-0.1, -0.05) is 29.8 Å². The van der Waals surface area contributed by atoms with E-state index in [1.165, 1.54) is 0 Å². The van der Waals surface area contributed by atoms with E-state index in [-0.39, 0.29) is 0 Å². The smallest absolute Gasteiger partial charge is 0.315 e. The van der Waals surface area contributed by atoms with E-state index in [1.54, 1.807) is 29.6 Å². The summed E-state index contributed by atoms with van der Waals surface area (Å²) in [6.07, 6.45) is -4.59. The van der Waals surface area contributed by atoms with Crippen molar-refractivity contribution in [3.63, 3.8) is 0 Å². The third-order valence-electron chi connectivity index (χ3n) is 2.49. The minimum Gasteiger partial charge on any atom is -0.386 e. The highest BCUT2D eigenvalue weighted by Crippen LogP contribution is 2.18. The van der Waals surface area contributed by atoms with Crippen LogP contribution >= 0.6 is 0 Å². The van der Waals surface area contributed by atoms with Crippen LogP contribution in [0, 0.1) is 6.92 Å². The van der Waals surface area contributed by atoms with Crippen molar-refractivity contribution >= 4 is 5.91 Å². The van der Waals surface area contributed by atoms with Gasteiger partial charge in [0, 0.05) is 0 Å². The van der Waals surface area contributed by atoms with Crippen molar-refractivity contribution in [3.05, 3.63) is 35.4 Å². The quantitative estimate of drug-likeness (QED) is 0.848. The third-order valence-corrected chi connectivity index (χ3v) is 2.49. The fourth-order valence-corrected chi connectivity index (χ4v) is 1.44. The van der Waals surface area contributed by atoms with Crippen LogP contribution in [0.15, 0.2) is 24.3 Å². The highest BCUT2D eigenvalue weighted by molar-refractivity contribution is 5.79.